The second kappa shape index (κ2) is 6.65. The molecule has 24 heavy (non-hydrogen) atoms. The van der Waals surface area contributed by atoms with Crippen LogP contribution in [0.15, 0.2) is 42.5 Å². The zero-order chi connectivity index (χ0) is 17.3. The molecule has 4 nitrogen and oxygen atoms in total. The van der Waals surface area contributed by atoms with E-state index in [0.29, 0.717) is 17.3 Å². The van der Waals surface area contributed by atoms with Crippen LogP contribution in [-0.4, -0.2) is 18.4 Å². The molecule has 124 valence electrons. The van der Waals surface area contributed by atoms with E-state index in [2.05, 4.69) is 11.4 Å². The van der Waals surface area contributed by atoms with Gasteiger partial charge in [-0.15, -0.1) is 0 Å². The Hall–Kier alpha value is -2.33. The molecular weight excluding hydrogens is 324 g/mol. The van der Waals surface area contributed by atoms with E-state index in [1.807, 2.05) is 26.0 Å². The summed E-state index contributed by atoms with van der Waals surface area (Å²) in [6.07, 6.45) is 0.222. The van der Waals surface area contributed by atoms with Crippen LogP contribution in [0.2, 0.25) is 5.02 Å². The average Bonchev–Trinajstić information content (AvgIpc) is 2.88. The number of halogens is 1. The van der Waals surface area contributed by atoms with Crippen LogP contribution in [-0.2, 0) is 9.59 Å². The van der Waals surface area contributed by atoms with E-state index < -0.39 is 0 Å². The van der Waals surface area contributed by atoms with Crippen molar-refractivity contribution in [3.8, 4) is 0 Å². The van der Waals surface area contributed by atoms with Gasteiger partial charge in [0.05, 0.1) is 5.92 Å². The maximum atomic E-state index is 12.4. The van der Waals surface area contributed by atoms with Crippen molar-refractivity contribution in [3.63, 3.8) is 0 Å². The highest BCUT2D eigenvalue weighted by Crippen LogP contribution is 2.28. The van der Waals surface area contributed by atoms with Crippen molar-refractivity contribution in [1.82, 2.24) is 0 Å². The van der Waals surface area contributed by atoms with Crippen LogP contribution in [0.5, 0.6) is 0 Å². The largest absolute Gasteiger partial charge is 0.326 e. The summed E-state index contributed by atoms with van der Waals surface area (Å²) < 4.78 is 0. The van der Waals surface area contributed by atoms with Crippen molar-refractivity contribution >= 4 is 34.8 Å². The minimum Gasteiger partial charge on any atom is -0.326 e. The van der Waals surface area contributed by atoms with Gasteiger partial charge in [0.1, 0.15) is 0 Å². The van der Waals surface area contributed by atoms with Crippen LogP contribution in [0.1, 0.15) is 17.5 Å². The minimum atomic E-state index is -0.364. The lowest BCUT2D eigenvalue weighted by molar-refractivity contribution is -0.122. The lowest BCUT2D eigenvalue weighted by Crippen LogP contribution is -2.28. The third-order valence-corrected chi connectivity index (χ3v) is 4.34. The van der Waals surface area contributed by atoms with Crippen LogP contribution in [0.25, 0.3) is 0 Å². The maximum absolute atomic E-state index is 12.4. The number of nitrogens with zero attached hydrogens (tertiary/aromatic N) is 1. The van der Waals surface area contributed by atoms with E-state index in [-0.39, 0.29) is 24.2 Å². The number of rotatable bonds is 3. The maximum Gasteiger partial charge on any atom is 0.229 e. The van der Waals surface area contributed by atoms with Crippen molar-refractivity contribution in [3.05, 3.63) is 58.6 Å². The summed E-state index contributed by atoms with van der Waals surface area (Å²) in [7, 11) is 0. The number of carbonyl (C=O) groups excluding carboxylic acids is 2. The summed E-state index contributed by atoms with van der Waals surface area (Å²) in [6.45, 7) is 4.40. The van der Waals surface area contributed by atoms with Crippen LogP contribution in [0, 0.1) is 19.8 Å². The lowest BCUT2D eigenvalue weighted by Gasteiger charge is -2.18. The zero-order valence-corrected chi connectivity index (χ0v) is 14.4. The van der Waals surface area contributed by atoms with Gasteiger partial charge in [0.15, 0.2) is 0 Å². The summed E-state index contributed by atoms with van der Waals surface area (Å²) in [6, 6.07) is 13.0. The summed E-state index contributed by atoms with van der Waals surface area (Å²) in [5.74, 6) is -0.541. The Morgan fingerprint density at radius 1 is 1.17 bits per heavy atom. The molecule has 0 aliphatic carbocycles. The number of anilines is 2. The number of benzene rings is 2. The molecule has 1 heterocycles. The molecule has 0 aromatic heterocycles. The molecule has 1 saturated heterocycles. The van der Waals surface area contributed by atoms with Gasteiger partial charge in [-0.25, -0.2) is 0 Å². The normalized spacial score (nSPS) is 17.2. The van der Waals surface area contributed by atoms with Gasteiger partial charge in [-0.1, -0.05) is 23.7 Å². The van der Waals surface area contributed by atoms with E-state index in [1.54, 1.807) is 29.2 Å². The van der Waals surface area contributed by atoms with Gasteiger partial charge in [0, 0.05) is 29.4 Å². The Morgan fingerprint density at radius 2 is 1.88 bits per heavy atom. The van der Waals surface area contributed by atoms with Crippen molar-refractivity contribution in [2.24, 2.45) is 5.92 Å². The number of hydrogen-bond donors (Lipinski definition) is 1. The number of amides is 2. The standard InChI is InChI=1S/C19H19ClN2O2/c1-12-6-13(2)8-17(7-12)22-11-14(9-18(22)23)19(24)21-16-5-3-4-15(20)10-16/h3-8,10,14H,9,11H2,1-2H3,(H,21,24). The first-order valence-corrected chi connectivity index (χ1v) is 8.25. The first kappa shape index (κ1) is 16.5. The van der Waals surface area contributed by atoms with Crippen LogP contribution >= 0.6 is 11.6 Å². The van der Waals surface area contributed by atoms with Gasteiger partial charge in [0.2, 0.25) is 11.8 Å². The molecule has 5 heteroatoms. The highest BCUT2D eigenvalue weighted by molar-refractivity contribution is 6.30. The Bertz CT molecular complexity index is 783. The molecule has 0 spiro atoms. The van der Waals surface area contributed by atoms with Crippen molar-refractivity contribution in [1.29, 1.82) is 0 Å². The van der Waals surface area contributed by atoms with Crippen molar-refractivity contribution in [2.45, 2.75) is 20.3 Å². The van der Waals surface area contributed by atoms with Crippen molar-refractivity contribution in [2.75, 3.05) is 16.8 Å². The Labute approximate surface area is 146 Å². The monoisotopic (exact) mass is 342 g/mol. The summed E-state index contributed by atoms with van der Waals surface area (Å²) in [4.78, 5) is 26.5. The van der Waals surface area contributed by atoms with E-state index in [9.17, 15) is 9.59 Å². The number of aryl methyl sites for hydroxylation is 2. The summed E-state index contributed by atoms with van der Waals surface area (Å²) in [5, 5.41) is 3.40. The molecule has 0 saturated carbocycles. The molecule has 1 aliphatic rings. The predicted octanol–water partition coefficient (Wildman–Crippen LogP) is 3.95. The quantitative estimate of drug-likeness (QED) is 0.918. The third kappa shape index (κ3) is 3.60. The molecule has 1 fully saturated rings. The highest BCUT2D eigenvalue weighted by Gasteiger charge is 2.35. The molecule has 2 aromatic rings. The fraction of sp³-hybridized carbons (Fsp3) is 0.263. The molecule has 2 amide bonds. The molecule has 1 N–H and O–H groups in total. The molecule has 0 radical (unpaired) electrons. The molecule has 0 bridgehead atoms. The first-order chi connectivity index (χ1) is 11.4. The lowest BCUT2D eigenvalue weighted by atomic mass is 10.1. The molecule has 1 unspecified atom stereocenters. The summed E-state index contributed by atoms with van der Waals surface area (Å²) >= 11 is 5.93. The zero-order valence-electron chi connectivity index (χ0n) is 13.7. The molecular formula is C19H19ClN2O2. The Balaban J connectivity index is 1.73. The van der Waals surface area contributed by atoms with E-state index in [1.165, 1.54) is 0 Å². The fourth-order valence-corrected chi connectivity index (χ4v) is 3.24. The smallest absolute Gasteiger partial charge is 0.229 e. The number of nitrogens with one attached hydrogen (secondary N) is 1. The van der Waals surface area contributed by atoms with Gasteiger partial charge in [-0.2, -0.15) is 0 Å². The second-order valence-corrected chi connectivity index (χ2v) is 6.69. The summed E-state index contributed by atoms with van der Waals surface area (Å²) in [5.41, 5.74) is 3.70. The van der Waals surface area contributed by atoms with Gasteiger partial charge in [-0.05, 0) is 55.3 Å². The molecule has 1 atom stereocenters. The highest BCUT2D eigenvalue weighted by atomic mass is 35.5. The van der Waals surface area contributed by atoms with Crippen LogP contribution in [0.3, 0.4) is 0 Å². The van der Waals surface area contributed by atoms with Crippen LogP contribution in [0.4, 0.5) is 11.4 Å². The van der Waals surface area contributed by atoms with Gasteiger partial charge in [0.25, 0.3) is 0 Å². The predicted molar refractivity (Wildman–Crippen MR) is 96.5 cm³/mol. The van der Waals surface area contributed by atoms with E-state index >= 15 is 0 Å². The number of carbonyl (C=O) groups is 2. The molecule has 3 rings (SSSR count). The first-order valence-electron chi connectivity index (χ1n) is 7.87. The fourth-order valence-electron chi connectivity index (χ4n) is 3.05. The third-order valence-electron chi connectivity index (χ3n) is 4.11. The Kier molecular flexibility index (Phi) is 4.58. The van der Waals surface area contributed by atoms with Crippen molar-refractivity contribution < 1.29 is 9.59 Å². The number of hydrogen-bond acceptors (Lipinski definition) is 2. The van der Waals surface area contributed by atoms with Crippen LogP contribution < -0.4 is 10.2 Å². The molecule has 1 aliphatic heterocycles. The van der Waals surface area contributed by atoms with E-state index in [4.69, 9.17) is 11.6 Å². The Morgan fingerprint density at radius 3 is 2.54 bits per heavy atom. The topological polar surface area (TPSA) is 49.4 Å². The van der Waals surface area contributed by atoms with Gasteiger partial charge >= 0.3 is 0 Å². The minimum absolute atomic E-state index is 0.0220. The van der Waals surface area contributed by atoms with E-state index in [0.717, 1.165) is 16.8 Å². The SMILES string of the molecule is Cc1cc(C)cc(N2CC(C(=O)Nc3cccc(Cl)c3)CC2=O)c1. The van der Waals surface area contributed by atoms with Gasteiger partial charge in [-0.3, -0.25) is 9.59 Å². The average molecular weight is 343 g/mol. The second-order valence-electron chi connectivity index (χ2n) is 6.25. The molecule has 2 aromatic carbocycles. The van der Waals surface area contributed by atoms with Gasteiger partial charge < -0.3 is 10.2 Å².